The second-order valence-electron chi connectivity index (χ2n) is 8.44. The third-order valence-corrected chi connectivity index (χ3v) is 6.35. The summed E-state index contributed by atoms with van der Waals surface area (Å²) in [6.07, 6.45) is 0.867. The number of allylic oxidation sites excluding steroid dienone is 3. The topological polar surface area (TPSA) is 73.9 Å². The number of dihydropyridines is 1. The summed E-state index contributed by atoms with van der Waals surface area (Å²) in [6.45, 7) is 2.16. The normalized spacial score (nSPS) is 20.1. The van der Waals surface area contributed by atoms with Crippen LogP contribution >= 0.6 is 0 Å². The van der Waals surface area contributed by atoms with Gasteiger partial charge in [-0.05, 0) is 42.7 Å². The fourth-order valence-corrected chi connectivity index (χ4v) is 4.82. The van der Waals surface area contributed by atoms with Crippen LogP contribution in [0.4, 0.5) is 4.39 Å². The van der Waals surface area contributed by atoms with E-state index in [1.807, 2.05) is 24.3 Å². The fourth-order valence-electron chi connectivity index (χ4n) is 4.82. The van der Waals surface area contributed by atoms with Crippen LogP contribution in [0, 0.1) is 5.82 Å². The second kappa shape index (κ2) is 10.2. The first-order chi connectivity index (χ1) is 16.4. The summed E-state index contributed by atoms with van der Waals surface area (Å²) in [5, 5.41) is 3.31. The van der Waals surface area contributed by atoms with Crippen molar-refractivity contribution in [1.29, 1.82) is 0 Å². The number of nitrogens with one attached hydrogen (secondary N) is 1. The van der Waals surface area contributed by atoms with E-state index >= 15 is 0 Å². The number of ketones is 1. The Kier molecular flexibility index (Phi) is 7.12. The number of hydrogen-bond acceptors (Lipinski definition) is 6. The molecule has 0 fully saturated rings. The van der Waals surface area contributed by atoms with Gasteiger partial charge in [-0.3, -0.25) is 4.79 Å². The molecule has 2 aromatic rings. The maximum atomic E-state index is 13.7. The Labute approximate surface area is 198 Å². The van der Waals surface area contributed by atoms with Crippen molar-refractivity contribution >= 4 is 11.8 Å². The molecule has 1 N–H and O–H groups in total. The number of ether oxygens (including phenoxy) is 3. The summed E-state index contributed by atoms with van der Waals surface area (Å²) in [7, 11) is 3.14. The first kappa shape index (κ1) is 23.7. The molecule has 0 amide bonds. The van der Waals surface area contributed by atoms with Crippen LogP contribution in [-0.2, 0) is 19.1 Å². The molecule has 2 aromatic carbocycles. The van der Waals surface area contributed by atoms with Crippen molar-refractivity contribution in [3.63, 3.8) is 0 Å². The van der Waals surface area contributed by atoms with E-state index in [9.17, 15) is 14.0 Å². The summed E-state index contributed by atoms with van der Waals surface area (Å²) in [4.78, 5) is 26.7. The van der Waals surface area contributed by atoms with Crippen LogP contribution in [-0.4, -0.2) is 39.2 Å². The number of halogens is 1. The minimum absolute atomic E-state index is 0.0614. The van der Waals surface area contributed by atoms with E-state index in [0.717, 1.165) is 17.0 Å². The number of benzene rings is 2. The standard InChI is InChI=1S/C27H28FNO5/c1-16-24(27(31)34-13-12-32-2)25(17-8-10-19(28)11-9-17)26-21(29-16)14-18(15-22(26)30)20-6-4-5-7-23(20)33-3/h4-11,18,25,29H,12-15H2,1-3H3/t18-,25+/m1/s1. The average molecular weight is 466 g/mol. The molecule has 7 heteroatoms. The molecule has 34 heavy (non-hydrogen) atoms. The largest absolute Gasteiger partial charge is 0.496 e. The van der Waals surface area contributed by atoms with Gasteiger partial charge in [-0.1, -0.05) is 30.3 Å². The second-order valence-corrected chi connectivity index (χ2v) is 8.44. The zero-order chi connectivity index (χ0) is 24.2. The quantitative estimate of drug-likeness (QED) is 0.483. The van der Waals surface area contributed by atoms with E-state index in [1.54, 1.807) is 26.2 Å². The molecule has 0 bridgehead atoms. The molecule has 0 spiro atoms. The number of Topliss-reactive ketones (excluding diaryl/α,β-unsaturated/α-hetero) is 1. The van der Waals surface area contributed by atoms with Crippen molar-refractivity contribution in [3.05, 3.63) is 88.0 Å². The average Bonchev–Trinajstić information content (AvgIpc) is 2.83. The molecular weight excluding hydrogens is 437 g/mol. The third kappa shape index (κ3) is 4.61. The van der Waals surface area contributed by atoms with Gasteiger partial charge in [0.1, 0.15) is 18.2 Å². The van der Waals surface area contributed by atoms with Gasteiger partial charge in [-0.25, -0.2) is 9.18 Å². The van der Waals surface area contributed by atoms with E-state index in [0.29, 0.717) is 28.8 Å². The summed E-state index contributed by atoms with van der Waals surface area (Å²) < 4.78 is 29.6. The molecule has 178 valence electrons. The monoisotopic (exact) mass is 465 g/mol. The highest BCUT2D eigenvalue weighted by molar-refractivity contribution is 6.04. The van der Waals surface area contributed by atoms with Crippen LogP contribution in [0.25, 0.3) is 0 Å². The Morgan fingerprint density at radius 3 is 2.50 bits per heavy atom. The van der Waals surface area contributed by atoms with Gasteiger partial charge < -0.3 is 19.5 Å². The van der Waals surface area contributed by atoms with Crippen molar-refractivity contribution in [2.75, 3.05) is 27.4 Å². The molecule has 4 rings (SSSR count). The highest BCUT2D eigenvalue weighted by atomic mass is 19.1. The predicted octanol–water partition coefficient (Wildman–Crippen LogP) is 4.39. The van der Waals surface area contributed by atoms with Crippen molar-refractivity contribution in [2.24, 2.45) is 0 Å². The van der Waals surface area contributed by atoms with Crippen molar-refractivity contribution in [3.8, 4) is 5.75 Å². The molecule has 0 aromatic heterocycles. The summed E-state index contributed by atoms with van der Waals surface area (Å²) in [6, 6.07) is 13.6. The Balaban J connectivity index is 1.75. The van der Waals surface area contributed by atoms with Gasteiger partial charge >= 0.3 is 5.97 Å². The lowest BCUT2D eigenvalue weighted by molar-refractivity contribution is -0.140. The van der Waals surface area contributed by atoms with Crippen LogP contribution < -0.4 is 10.1 Å². The molecule has 2 atom stereocenters. The van der Waals surface area contributed by atoms with Gasteiger partial charge in [0.25, 0.3) is 0 Å². The lowest BCUT2D eigenvalue weighted by Gasteiger charge is -2.37. The molecular formula is C27H28FNO5. The number of carbonyl (C=O) groups is 2. The van der Waals surface area contributed by atoms with Gasteiger partial charge in [0.05, 0.1) is 19.3 Å². The number of para-hydroxylation sites is 1. The maximum Gasteiger partial charge on any atom is 0.336 e. The maximum absolute atomic E-state index is 13.7. The molecule has 0 saturated carbocycles. The molecule has 0 unspecified atom stereocenters. The van der Waals surface area contributed by atoms with Gasteiger partial charge in [0.15, 0.2) is 5.78 Å². The lowest BCUT2D eigenvalue weighted by atomic mass is 9.71. The smallest absolute Gasteiger partial charge is 0.336 e. The molecule has 1 aliphatic heterocycles. The summed E-state index contributed by atoms with van der Waals surface area (Å²) in [5.74, 6) is -0.936. The number of rotatable bonds is 7. The van der Waals surface area contributed by atoms with Crippen molar-refractivity contribution in [2.45, 2.75) is 31.6 Å². The van der Waals surface area contributed by atoms with Gasteiger partial charge in [-0.2, -0.15) is 0 Å². The highest BCUT2D eigenvalue weighted by Crippen LogP contribution is 2.46. The Morgan fingerprint density at radius 2 is 1.79 bits per heavy atom. The van der Waals surface area contributed by atoms with Crippen LogP contribution in [0.1, 0.15) is 42.7 Å². The highest BCUT2D eigenvalue weighted by Gasteiger charge is 2.41. The molecule has 0 radical (unpaired) electrons. The van der Waals surface area contributed by atoms with Crippen molar-refractivity contribution < 1.29 is 28.2 Å². The molecule has 0 saturated heterocycles. The lowest BCUT2D eigenvalue weighted by Crippen LogP contribution is -2.36. The number of carbonyl (C=O) groups excluding carboxylic acids is 2. The van der Waals surface area contributed by atoms with Crippen molar-refractivity contribution in [1.82, 2.24) is 5.32 Å². The van der Waals surface area contributed by atoms with Gasteiger partial charge in [-0.15, -0.1) is 0 Å². The number of esters is 1. The van der Waals surface area contributed by atoms with Crippen LogP contribution in [0.15, 0.2) is 71.1 Å². The van der Waals surface area contributed by atoms with E-state index in [-0.39, 0.29) is 37.2 Å². The minimum Gasteiger partial charge on any atom is -0.496 e. The van der Waals surface area contributed by atoms with E-state index in [2.05, 4.69) is 5.32 Å². The Morgan fingerprint density at radius 1 is 1.06 bits per heavy atom. The molecule has 1 heterocycles. The van der Waals surface area contributed by atoms with Crippen LogP contribution in [0.3, 0.4) is 0 Å². The van der Waals surface area contributed by atoms with Gasteiger partial charge in [0.2, 0.25) is 0 Å². The first-order valence-electron chi connectivity index (χ1n) is 11.2. The Hall–Kier alpha value is -3.45. The fraction of sp³-hybridized carbons (Fsp3) is 0.333. The molecule has 2 aliphatic rings. The summed E-state index contributed by atoms with van der Waals surface area (Å²) in [5.41, 5.74) is 3.90. The van der Waals surface area contributed by atoms with E-state index < -0.39 is 11.9 Å². The molecule has 6 nitrogen and oxygen atoms in total. The summed E-state index contributed by atoms with van der Waals surface area (Å²) >= 11 is 0. The zero-order valence-electron chi connectivity index (χ0n) is 19.5. The van der Waals surface area contributed by atoms with Crippen LogP contribution in [0.5, 0.6) is 5.75 Å². The minimum atomic E-state index is -0.641. The first-order valence-corrected chi connectivity index (χ1v) is 11.2. The Bertz CT molecular complexity index is 1150. The zero-order valence-corrected chi connectivity index (χ0v) is 19.5. The molecule has 1 aliphatic carbocycles. The number of hydrogen-bond donors (Lipinski definition) is 1. The van der Waals surface area contributed by atoms with Gasteiger partial charge in [0, 0.05) is 42.3 Å². The van der Waals surface area contributed by atoms with Crippen LogP contribution in [0.2, 0.25) is 0 Å². The van der Waals surface area contributed by atoms with E-state index in [4.69, 9.17) is 14.2 Å². The SMILES string of the molecule is COCCOC(=O)C1=C(C)NC2=C(C(=O)C[C@H](c3ccccc3OC)C2)[C@H]1c1ccc(F)cc1. The third-order valence-electron chi connectivity index (χ3n) is 6.35. The number of methoxy groups -OCH3 is 2. The predicted molar refractivity (Wildman–Crippen MR) is 125 cm³/mol. The van der Waals surface area contributed by atoms with E-state index in [1.165, 1.54) is 19.2 Å².